The van der Waals surface area contributed by atoms with Gasteiger partial charge in [-0.1, -0.05) is 13.8 Å². The van der Waals surface area contributed by atoms with Crippen LogP contribution in [0.2, 0.25) is 0 Å². The lowest BCUT2D eigenvalue weighted by atomic mass is 10.1. The number of nitrogens with zero attached hydrogens (tertiary/aromatic N) is 1. The predicted octanol–water partition coefficient (Wildman–Crippen LogP) is 1.86. The minimum absolute atomic E-state index is 0.0901. The number of carboxylic acids is 1. The Morgan fingerprint density at radius 2 is 2.24 bits per heavy atom. The van der Waals surface area contributed by atoms with Gasteiger partial charge in [-0.25, -0.2) is 9.78 Å². The monoisotopic (exact) mass is 257 g/mol. The fraction of sp³-hybridized carbons (Fsp3) is 0.500. The second-order valence-corrected chi connectivity index (χ2v) is 4.60. The van der Waals surface area contributed by atoms with Crippen molar-refractivity contribution in [2.24, 2.45) is 0 Å². The summed E-state index contributed by atoms with van der Waals surface area (Å²) in [4.78, 5) is 25.9. The van der Waals surface area contributed by atoms with Gasteiger partial charge < -0.3 is 10.4 Å². The van der Waals surface area contributed by atoms with Crippen LogP contribution in [-0.2, 0) is 4.79 Å². The number of hydrogen-bond donors (Lipinski definition) is 3. The number of thiazole rings is 1. The minimum atomic E-state index is -0.939. The van der Waals surface area contributed by atoms with Crippen LogP contribution in [0, 0.1) is 0 Å². The smallest absolute Gasteiger partial charge is 0.319 e. The van der Waals surface area contributed by atoms with E-state index in [1.54, 1.807) is 5.51 Å². The van der Waals surface area contributed by atoms with Crippen molar-refractivity contribution in [1.82, 2.24) is 10.3 Å². The number of hydrogen-bond acceptors (Lipinski definition) is 4. The van der Waals surface area contributed by atoms with Gasteiger partial charge in [0, 0.05) is 6.54 Å². The lowest BCUT2D eigenvalue weighted by Crippen LogP contribution is -2.30. The fourth-order valence-corrected chi connectivity index (χ4v) is 2.02. The van der Waals surface area contributed by atoms with Crippen LogP contribution in [0.15, 0.2) is 5.51 Å². The van der Waals surface area contributed by atoms with Crippen molar-refractivity contribution in [2.45, 2.75) is 26.2 Å². The summed E-state index contributed by atoms with van der Waals surface area (Å²) < 4.78 is 0. The third kappa shape index (κ3) is 4.39. The van der Waals surface area contributed by atoms with E-state index in [9.17, 15) is 9.59 Å². The zero-order valence-electron chi connectivity index (χ0n) is 9.69. The van der Waals surface area contributed by atoms with Gasteiger partial charge in [-0.15, -0.1) is 11.3 Å². The average Bonchev–Trinajstić information content (AvgIpc) is 2.65. The highest BCUT2D eigenvalue weighted by atomic mass is 32.1. The van der Waals surface area contributed by atoms with Crippen LogP contribution in [0.5, 0.6) is 0 Å². The quantitative estimate of drug-likeness (QED) is 0.750. The van der Waals surface area contributed by atoms with E-state index in [0.29, 0.717) is 5.00 Å². The molecule has 3 N–H and O–H groups in total. The summed E-state index contributed by atoms with van der Waals surface area (Å²) in [7, 11) is 0. The van der Waals surface area contributed by atoms with Gasteiger partial charge >= 0.3 is 12.0 Å². The molecule has 7 heteroatoms. The summed E-state index contributed by atoms with van der Waals surface area (Å²) >= 11 is 1.35. The Morgan fingerprint density at radius 1 is 1.53 bits per heavy atom. The Balaban J connectivity index is 2.45. The molecule has 2 amide bonds. The third-order valence-corrected chi connectivity index (χ3v) is 2.75. The van der Waals surface area contributed by atoms with Crippen LogP contribution in [-0.4, -0.2) is 28.6 Å². The third-order valence-electron chi connectivity index (χ3n) is 1.99. The highest BCUT2D eigenvalue weighted by Crippen LogP contribution is 2.26. The van der Waals surface area contributed by atoms with Crippen molar-refractivity contribution in [3.8, 4) is 0 Å². The molecule has 0 saturated heterocycles. The first-order valence-corrected chi connectivity index (χ1v) is 6.08. The van der Waals surface area contributed by atoms with Gasteiger partial charge in [0.25, 0.3) is 0 Å². The molecule has 0 unspecified atom stereocenters. The second-order valence-electron chi connectivity index (χ2n) is 3.75. The number of rotatable bonds is 5. The number of carbonyl (C=O) groups excluding carboxylic acids is 1. The fourth-order valence-electron chi connectivity index (χ4n) is 1.19. The molecule has 1 rings (SSSR count). The lowest BCUT2D eigenvalue weighted by molar-refractivity contribution is -0.136. The van der Waals surface area contributed by atoms with E-state index in [2.05, 4.69) is 15.6 Å². The molecule has 0 fully saturated rings. The Labute approximate surface area is 103 Å². The summed E-state index contributed by atoms with van der Waals surface area (Å²) in [5, 5.41) is 14.2. The number of nitrogens with one attached hydrogen (secondary N) is 2. The Morgan fingerprint density at radius 3 is 2.82 bits per heavy atom. The number of aromatic nitrogens is 1. The second kappa shape index (κ2) is 6.19. The van der Waals surface area contributed by atoms with Crippen molar-refractivity contribution in [3.05, 3.63) is 11.2 Å². The summed E-state index contributed by atoms with van der Waals surface area (Å²) in [5.41, 5.74) is 2.51. The van der Waals surface area contributed by atoms with Gasteiger partial charge in [0.15, 0.2) is 0 Å². The molecule has 1 aromatic rings. The van der Waals surface area contributed by atoms with Crippen LogP contribution in [0.4, 0.5) is 9.80 Å². The standard InChI is InChI=1S/C10H15N3O3S/c1-6(2)8-9(17-5-12-8)13-10(16)11-4-3-7(14)15/h5-6H,3-4H2,1-2H3,(H,14,15)(H2,11,13,16). The number of amides is 2. The largest absolute Gasteiger partial charge is 0.481 e. The summed E-state index contributed by atoms with van der Waals surface area (Å²) in [6, 6.07) is -0.405. The Hall–Kier alpha value is -1.63. The molecule has 0 aromatic carbocycles. The number of carbonyl (C=O) groups is 2. The molecular formula is C10H15N3O3S. The molecule has 1 heterocycles. The van der Waals surface area contributed by atoms with Crippen molar-refractivity contribution < 1.29 is 14.7 Å². The van der Waals surface area contributed by atoms with E-state index in [1.807, 2.05) is 13.8 Å². The normalized spacial score (nSPS) is 10.3. The van der Waals surface area contributed by atoms with Gasteiger partial charge in [0.2, 0.25) is 0 Å². The average molecular weight is 257 g/mol. The van der Waals surface area contributed by atoms with Crippen LogP contribution >= 0.6 is 11.3 Å². The number of anilines is 1. The van der Waals surface area contributed by atoms with Crippen molar-refractivity contribution in [2.75, 3.05) is 11.9 Å². The molecule has 0 saturated carbocycles. The molecule has 17 heavy (non-hydrogen) atoms. The zero-order chi connectivity index (χ0) is 12.8. The number of carboxylic acid groups (broad SMARTS) is 1. The summed E-state index contributed by atoms with van der Waals surface area (Å²) in [6.45, 7) is 4.09. The van der Waals surface area contributed by atoms with Crippen LogP contribution in [0.1, 0.15) is 31.9 Å². The summed E-state index contributed by atoms with van der Waals surface area (Å²) in [5.74, 6) is -0.707. The maximum Gasteiger partial charge on any atom is 0.319 e. The minimum Gasteiger partial charge on any atom is -0.481 e. The maximum absolute atomic E-state index is 11.4. The highest BCUT2D eigenvalue weighted by molar-refractivity contribution is 7.14. The van der Waals surface area contributed by atoms with Gasteiger partial charge in [-0.3, -0.25) is 10.1 Å². The molecule has 0 spiro atoms. The maximum atomic E-state index is 11.4. The first-order valence-electron chi connectivity index (χ1n) is 5.20. The first kappa shape index (κ1) is 13.4. The highest BCUT2D eigenvalue weighted by Gasteiger charge is 2.12. The van der Waals surface area contributed by atoms with E-state index in [4.69, 9.17) is 5.11 Å². The molecular weight excluding hydrogens is 242 g/mol. The predicted molar refractivity (Wildman–Crippen MR) is 65.5 cm³/mol. The Bertz CT molecular complexity index is 403. The van der Waals surface area contributed by atoms with E-state index in [1.165, 1.54) is 11.3 Å². The van der Waals surface area contributed by atoms with E-state index < -0.39 is 12.0 Å². The zero-order valence-corrected chi connectivity index (χ0v) is 10.5. The van der Waals surface area contributed by atoms with E-state index >= 15 is 0 Å². The summed E-state index contributed by atoms with van der Waals surface area (Å²) in [6.07, 6.45) is -0.0901. The van der Waals surface area contributed by atoms with Gasteiger partial charge in [0.1, 0.15) is 5.00 Å². The molecule has 0 aliphatic carbocycles. The first-order chi connectivity index (χ1) is 8.00. The number of aliphatic carboxylic acids is 1. The Kier molecular flexibility index (Phi) is 4.89. The van der Waals surface area contributed by atoms with Crippen molar-refractivity contribution in [1.29, 1.82) is 0 Å². The topological polar surface area (TPSA) is 91.3 Å². The van der Waals surface area contributed by atoms with Gasteiger partial charge in [-0.2, -0.15) is 0 Å². The molecule has 0 aliphatic heterocycles. The number of urea groups is 1. The molecule has 1 aromatic heterocycles. The molecule has 0 bridgehead atoms. The van der Waals surface area contributed by atoms with Crippen molar-refractivity contribution >= 4 is 28.3 Å². The van der Waals surface area contributed by atoms with Gasteiger partial charge in [-0.05, 0) is 5.92 Å². The SMILES string of the molecule is CC(C)c1ncsc1NC(=O)NCCC(=O)O. The van der Waals surface area contributed by atoms with E-state index in [0.717, 1.165) is 5.69 Å². The van der Waals surface area contributed by atoms with Crippen LogP contribution in [0.3, 0.4) is 0 Å². The lowest BCUT2D eigenvalue weighted by Gasteiger charge is -2.08. The molecule has 6 nitrogen and oxygen atoms in total. The van der Waals surface area contributed by atoms with E-state index in [-0.39, 0.29) is 18.9 Å². The van der Waals surface area contributed by atoms with Crippen molar-refractivity contribution in [3.63, 3.8) is 0 Å². The molecule has 0 atom stereocenters. The molecule has 0 aliphatic rings. The molecule has 94 valence electrons. The van der Waals surface area contributed by atoms with Crippen LogP contribution in [0.25, 0.3) is 0 Å². The van der Waals surface area contributed by atoms with Crippen LogP contribution < -0.4 is 10.6 Å². The molecule has 0 radical (unpaired) electrons. The van der Waals surface area contributed by atoms with Gasteiger partial charge in [0.05, 0.1) is 17.6 Å².